The van der Waals surface area contributed by atoms with Gasteiger partial charge in [0.25, 0.3) is 11.8 Å². The zero-order valence-electron chi connectivity index (χ0n) is 18.1. The standard InChI is InChI=1S/C22H28N2O5S2/c1-4-13-28-20(26)11-12-24-21(27)18(31-22(24)30)14-16-7-9-17(10-8-16)29-15-19(25)23(5-2)6-3/h7-10,14H,4-6,11-13,15H2,1-3H3/b18-14+. The molecule has 0 spiro atoms. The lowest BCUT2D eigenvalue weighted by Crippen LogP contribution is -2.34. The summed E-state index contributed by atoms with van der Waals surface area (Å²) in [5.74, 6) is -0.0366. The summed E-state index contributed by atoms with van der Waals surface area (Å²) in [6, 6.07) is 7.13. The maximum absolute atomic E-state index is 12.6. The molecule has 1 aromatic carbocycles. The van der Waals surface area contributed by atoms with Crippen LogP contribution in [0.1, 0.15) is 39.2 Å². The van der Waals surface area contributed by atoms with Gasteiger partial charge in [-0.25, -0.2) is 0 Å². The number of amides is 2. The number of ether oxygens (including phenoxy) is 2. The van der Waals surface area contributed by atoms with Crippen molar-refractivity contribution >= 4 is 52.2 Å². The van der Waals surface area contributed by atoms with Crippen molar-refractivity contribution in [3.63, 3.8) is 0 Å². The van der Waals surface area contributed by atoms with E-state index in [0.717, 1.165) is 12.0 Å². The van der Waals surface area contributed by atoms with Crippen molar-refractivity contribution in [2.45, 2.75) is 33.6 Å². The second kappa shape index (κ2) is 12.5. The molecule has 1 fully saturated rings. The van der Waals surface area contributed by atoms with Crippen LogP contribution in [0.3, 0.4) is 0 Å². The van der Waals surface area contributed by atoms with Crippen LogP contribution in [0.2, 0.25) is 0 Å². The topological polar surface area (TPSA) is 76.1 Å². The summed E-state index contributed by atoms with van der Waals surface area (Å²) in [6.45, 7) is 7.64. The summed E-state index contributed by atoms with van der Waals surface area (Å²) in [4.78, 5) is 40.0. The van der Waals surface area contributed by atoms with Crippen LogP contribution in [0.4, 0.5) is 0 Å². The number of rotatable bonds is 11. The van der Waals surface area contributed by atoms with Gasteiger partial charge < -0.3 is 14.4 Å². The molecule has 2 rings (SSSR count). The smallest absolute Gasteiger partial charge is 0.307 e. The number of hydrogen-bond acceptors (Lipinski definition) is 7. The van der Waals surface area contributed by atoms with Crippen molar-refractivity contribution in [1.29, 1.82) is 0 Å². The van der Waals surface area contributed by atoms with Crippen molar-refractivity contribution in [3.05, 3.63) is 34.7 Å². The number of carbonyl (C=O) groups excluding carboxylic acids is 3. The predicted octanol–water partition coefficient (Wildman–Crippen LogP) is 3.48. The molecule has 1 aliphatic heterocycles. The van der Waals surface area contributed by atoms with Crippen molar-refractivity contribution in [2.24, 2.45) is 0 Å². The van der Waals surface area contributed by atoms with E-state index in [-0.39, 0.29) is 37.4 Å². The second-order valence-electron chi connectivity index (χ2n) is 6.73. The number of nitrogens with zero attached hydrogens (tertiary/aromatic N) is 2. The Morgan fingerprint density at radius 3 is 2.45 bits per heavy atom. The fourth-order valence-electron chi connectivity index (χ4n) is 2.81. The van der Waals surface area contributed by atoms with E-state index in [2.05, 4.69) is 0 Å². The number of esters is 1. The van der Waals surface area contributed by atoms with Gasteiger partial charge in [-0.15, -0.1) is 0 Å². The Bertz CT molecular complexity index is 835. The summed E-state index contributed by atoms with van der Waals surface area (Å²) >= 11 is 6.50. The van der Waals surface area contributed by atoms with Gasteiger partial charge in [-0.1, -0.05) is 43.0 Å². The lowest BCUT2D eigenvalue weighted by atomic mass is 10.2. The van der Waals surface area contributed by atoms with Crippen LogP contribution in [0.15, 0.2) is 29.2 Å². The molecule has 31 heavy (non-hydrogen) atoms. The molecule has 2 amide bonds. The number of hydrogen-bond donors (Lipinski definition) is 0. The van der Waals surface area contributed by atoms with Gasteiger partial charge in [0.1, 0.15) is 10.1 Å². The van der Waals surface area contributed by atoms with E-state index in [1.807, 2.05) is 32.9 Å². The van der Waals surface area contributed by atoms with Gasteiger partial charge in [0.05, 0.1) is 17.9 Å². The highest BCUT2D eigenvalue weighted by molar-refractivity contribution is 8.26. The highest BCUT2D eigenvalue weighted by Crippen LogP contribution is 2.32. The molecule has 1 saturated heterocycles. The van der Waals surface area contributed by atoms with Crippen LogP contribution >= 0.6 is 24.0 Å². The Morgan fingerprint density at radius 1 is 1.16 bits per heavy atom. The van der Waals surface area contributed by atoms with E-state index in [9.17, 15) is 14.4 Å². The predicted molar refractivity (Wildman–Crippen MR) is 126 cm³/mol. The summed E-state index contributed by atoms with van der Waals surface area (Å²) in [6.07, 6.45) is 2.61. The molecule has 0 bridgehead atoms. The van der Waals surface area contributed by atoms with E-state index in [1.54, 1.807) is 23.1 Å². The number of thioether (sulfide) groups is 1. The van der Waals surface area contributed by atoms with Crippen LogP contribution in [-0.4, -0.2) is 64.8 Å². The SMILES string of the molecule is CCCOC(=O)CCN1C(=O)/C(=C\c2ccc(OCC(=O)N(CC)CC)cc2)SC1=S. The molecule has 0 aromatic heterocycles. The molecule has 0 atom stereocenters. The molecule has 0 radical (unpaired) electrons. The average molecular weight is 465 g/mol. The fourth-order valence-corrected chi connectivity index (χ4v) is 4.12. The van der Waals surface area contributed by atoms with Crippen LogP contribution in [-0.2, 0) is 19.1 Å². The van der Waals surface area contributed by atoms with Crippen LogP contribution in [0.25, 0.3) is 6.08 Å². The highest BCUT2D eigenvalue weighted by atomic mass is 32.2. The van der Waals surface area contributed by atoms with Gasteiger partial charge in [0, 0.05) is 19.6 Å². The molecule has 0 saturated carbocycles. The van der Waals surface area contributed by atoms with Crippen LogP contribution < -0.4 is 4.74 Å². The molecule has 168 valence electrons. The summed E-state index contributed by atoms with van der Waals surface area (Å²) in [5.41, 5.74) is 0.810. The van der Waals surface area contributed by atoms with Gasteiger partial charge in [-0.05, 0) is 44.0 Å². The maximum Gasteiger partial charge on any atom is 0.307 e. The Hall–Kier alpha value is -2.39. The minimum Gasteiger partial charge on any atom is -0.484 e. The van der Waals surface area contributed by atoms with Gasteiger partial charge in [0.15, 0.2) is 6.61 Å². The molecule has 9 heteroatoms. The lowest BCUT2D eigenvalue weighted by Gasteiger charge is -2.18. The van der Waals surface area contributed by atoms with Gasteiger partial charge in [0.2, 0.25) is 0 Å². The maximum atomic E-state index is 12.6. The summed E-state index contributed by atoms with van der Waals surface area (Å²) < 4.78 is 11.0. The molecule has 7 nitrogen and oxygen atoms in total. The third-order valence-electron chi connectivity index (χ3n) is 4.54. The zero-order valence-corrected chi connectivity index (χ0v) is 19.7. The molecule has 1 aromatic rings. The van der Waals surface area contributed by atoms with Gasteiger partial charge in [-0.3, -0.25) is 19.3 Å². The highest BCUT2D eigenvalue weighted by Gasteiger charge is 2.32. The van der Waals surface area contributed by atoms with Crippen LogP contribution in [0, 0.1) is 0 Å². The summed E-state index contributed by atoms with van der Waals surface area (Å²) in [7, 11) is 0. The largest absolute Gasteiger partial charge is 0.484 e. The first-order valence-electron chi connectivity index (χ1n) is 10.3. The van der Waals surface area contributed by atoms with E-state index in [1.165, 1.54) is 16.7 Å². The lowest BCUT2D eigenvalue weighted by molar-refractivity contribution is -0.144. The first kappa shape index (κ1) is 24.9. The van der Waals surface area contributed by atoms with E-state index < -0.39 is 0 Å². The summed E-state index contributed by atoms with van der Waals surface area (Å²) in [5, 5.41) is 0. The first-order chi connectivity index (χ1) is 14.9. The number of benzene rings is 1. The monoisotopic (exact) mass is 464 g/mol. The Balaban J connectivity index is 1.93. The number of likely N-dealkylation sites (N-methyl/N-ethyl adjacent to an activating group) is 1. The quantitative estimate of drug-likeness (QED) is 0.282. The molecule has 0 N–H and O–H groups in total. The molecule has 0 unspecified atom stereocenters. The van der Waals surface area contributed by atoms with E-state index in [4.69, 9.17) is 21.7 Å². The van der Waals surface area contributed by atoms with E-state index >= 15 is 0 Å². The molecular weight excluding hydrogens is 436 g/mol. The van der Waals surface area contributed by atoms with Crippen molar-refractivity contribution < 1.29 is 23.9 Å². The van der Waals surface area contributed by atoms with E-state index in [0.29, 0.717) is 34.7 Å². The van der Waals surface area contributed by atoms with Crippen LogP contribution in [0.5, 0.6) is 5.75 Å². The minimum atomic E-state index is -0.338. The third-order valence-corrected chi connectivity index (χ3v) is 5.91. The van der Waals surface area contributed by atoms with Crippen molar-refractivity contribution in [1.82, 2.24) is 9.80 Å². The fraction of sp³-hybridized carbons (Fsp3) is 0.455. The molecule has 0 aliphatic carbocycles. The Kier molecular flexibility index (Phi) is 10.00. The minimum absolute atomic E-state index is 0.0135. The second-order valence-corrected chi connectivity index (χ2v) is 8.40. The Morgan fingerprint density at radius 2 is 1.84 bits per heavy atom. The average Bonchev–Trinajstić information content (AvgIpc) is 3.03. The number of thiocarbonyl (C=S) groups is 1. The molecule has 1 heterocycles. The number of carbonyl (C=O) groups is 3. The third kappa shape index (κ3) is 7.36. The van der Waals surface area contributed by atoms with Crippen molar-refractivity contribution in [3.8, 4) is 5.75 Å². The Labute approximate surface area is 192 Å². The normalized spacial score (nSPS) is 14.8. The van der Waals surface area contributed by atoms with Gasteiger partial charge >= 0.3 is 5.97 Å². The first-order valence-corrected chi connectivity index (χ1v) is 11.5. The molecule has 1 aliphatic rings. The van der Waals surface area contributed by atoms with Crippen molar-refractivity contribution in [2.75, 3.05) is 32.8 Å². The zero-order chi connectivity index (χ0) is 22.8. The van der Waals surface area contributed by atoms with Gasteiger partial charge in [-0.2, -0.15) is 0 Å². The molecular formula is C22H28N2O5S2.